The number of aryl methyl sites for hydroxylation is 1. The molecule has 1 N–H and O–H groups in total. The van der Waals surface area contributed by atoms with Crippen LogP contribution in [-0.2, 0) is 4.79 Å². The predicted octanol–water partition coefficient (Wildman–Crippen LogP) is 3.20. The van der Waals surface area contributed by atoms with E-state index in [2.05, 4.69) is 14.9 Å². The molecule has 1 aliphatic heterocycles. The van der Waals surface area contributed by atoms with Gasteiger partial charge in [0.15, 0.2) is 5.82 Å². The smallest absolute Gasteiger partial charge is 0.306 e. The fourth-order valence-electron chi connectivity index (χ4n) is 3.02. The maximum atomic E-state index is 13.5. The van der Waals surface area contributed by atoms with E-state index in [9.17, 15) is 9.18 Å². The van der Waals surface area contributed by atoms with Crippen LogP contribution < -0.4 is 4.90 Å². The van der Waals surface area contributed by atoms with E-state index in [0.717, 1.165) is 17.1 Å². The van der Waals surface area contributed by atoms with Crippen LogP contribution in [0.25, 0.3) is 11.4 Å². The van der Waals surface area contributed by atoms with Crippen LogP contribution in [-0.4, -0.2) is 34.1 Å². The largest absolute Gasteiger partial charge is 0.481 e. The zero-order chi connectivity index (χ0) is 17.3. The average molecular weight is 329 g/mol. The number of piperidine rings is 1. The van der Waals surface area contributed by atoms with Crippen molar-refractivity contribution < 1.29 is 14.3 Å². The molecular formula is C18H20FN3O2. The van der Waals surface area contributed by atoms with E-state index in [-0.39, 0.29) is 11.7 Å². The molecule has 1 saturated heterocycles. The predicted molar refractivity (Wildman–Crippen MR) is 89.5 cm³/mol. The molecule has 2 aromatic rings. The summed E-state index contributed by atoms with van der Waals surface area (Å²) in [6.45, 7) is 5.17. The van der Waals surface area contributed by atoms with Gasteiger partial charge in [-0.15, -0.1) is 0 Å². The lowest BCUT2D eigenvalue weighted by Gasteiger charge is -2.32. The highest BCUT2D eigenvalue weighted by atomic mass is 19.1. The fourth-order valence-corrected chi connectivity index (χ4v) is 3.02. The van der Waals surface area contributed by atoms with Crippen molar-refractivity contribution in [1.29, 1.82) is 0 Å². The minimum absolute atomic E-state index is 0.285. The molecular weight excluding hydrogens is 309 g/mol. The number of anilines is 1. The van der Waals surface area contributed by atoms with Crippen molar-refractivity contribution >= 4 is 11.8 Å². The summed E-state index contributed by atoms with van der Waals surface area (Å²) in [6.07, 6.45) is 1.21. The van der Waals surface area contributed by atoms with E-state index in [1.807, 2.05) is 13.8 Å². The van der Waals surface area contributed by atoms with Crippen molar-refractivity contribution in [3.05, 3.63) is 41.3 Å². The van der Waals surface area contributed by atoms with Crippen LogP contribution in [0.2, 0.25) is 0 Å². The molecule has 126 valence electrons. The Morgan fingerprint density at radius 2 is 1.96 bits per heavy atom. The highest BCUT2D eigenvalue weighted by Gasteiger charge is 2.26. The lowest BCUT2D eigenvalue weighted by atomic mass is 9.97. The maximum Gasteiger partial charge on any atom is 0.306 e. The summed E-state index contributed by atoms with van der Waals surface area (Å²) < 4.78 is 13.5. The Morgan fingerprint density at radius 1 is 1.25 bits per heavy atom. The molecule has 0 bridgehead atoms. The van der Waals surface area contributed by atoms with Crippen molar-refractivity contribution in [2.45, 2.75) is 26.7 Å². The third-order valence-electron chi connectivity index (χ3n) is 4.59. The Morgan fingerprint density at radius 3 is 2.58 bits per heavy atom. The molecule has 5 nitrogen and oxygen atoms in total. The summed E-state index contributed by atoms with van der Waals surface area (Å²) in [6, 6.07) is 6.24. The number of carbonyl (C=O) groups is 1. The van der Waals surface area contributed by atoms with Crippen LogP contribution in [0, 0.1) is 25.6 Å². The number of carboxylic acid groups (broad SMARTS) is 1. The van der Waals surface area contributed by atoms with Crippen molar-refractivity contribution in [3.8, 4) is 11.4 Å². The third kappa shape index (κ3) is 3.22. The summed E-state index contributed by atoms with van der Waals surface area (Å²) in [5.41, 5.74) is 2.46. The molecule has 0 radical (unpaired) electrons. The number of aromatic nitrogens is 2. The molecule has 1 aromatic heterocycles. The summed E-state index contributed by atoms with van der Waals surface area (Å²) in [5.74, 6) is -0.0328. The standard InChI is InChI=1S/C18H20FN3O2/c1-11-12(2)20-16(14-4-3-5-15(19)10-14)21-17(11)22-8-6-13(7-9-22)18(23)24/h3-5,10,13H,6-9H2,1-2H3,(H,23,24). The van der Waals surface area contributed by atoms with Crippen molar-refractivity contribution in [2.75, 3.05) is 18.0 Å². The van der Waals surface area contributed by atoms with Crippen LogP contribution >= 0.6 is 0 Å². The number of rotatable bonds is 3. The Hall–Kier alpha value is -2.50. The Bertz CT molecular complexity index is 771. The van der Waals surface area contributed by atoms with Crippen LogP contribution in [0.15, 0.2) is 24.3 Å². The quantitative estimate of drug-likeness (QED) is 0.937. The van der Waals surface area contributed by atoms with E-state index >= 15 is 0 Å². The fraction of sp³-hybridized carbons (Fsp3) is 0.389. The first-order valence-corrected chi connectivity index (χ1v) is 8.04. The summed E-state index contributed by atoms with van der Waals surface area (Å²) in [5, 5.41) is 9.13. The van der Waals surface area contributed by atoms with Crippen LogP contribution in [0.4, 0.5) is 10.2 Å². The normalized spacial score (nSPS) is 15.5. The minimum atomic E-state index is -0.731. The molecule has 0 spiro atoms. The number of hydrogen-bond donors (Lipinski definition) is 1. The highest BCUT2D eigenvalue weighted by Crippen LogP contribution is 2.28. The second kappa shape index (κ2) is 6.55. The Labute approximate surface area is 140 Å². The highest BCUT2D eigenvalue weighted by molar-refractivity contribution is 5.70. The average Bonchev–Trinajstić information content (AvgIpc) is 2.57. The zero-order valence-corrected chi connectivity index (χ0v) is 13.8. The van der Waals surface area contributed by atoms with Crippen LogP contribution in [0.5, 0.6) is 0 Å². The van der Waals surface area contributed by atoms with Crippen molar-refractivity contribution in [3.63, 3.8) is 0 Å². The van der Waals surface area contributed by atoms with Gasteiger partial charge in [0, 0.05) is 29.9 Å². The van der Waals surface area contributed by atoms with Gasteiger partial charge in [0.1, 0.15) is 11.6 Å². The summed E-state index contributed by atoms with van der Waals surface area (Å²) >= 11 is 0. The summed E-state index contributed by atoms with van der Waals surface area (Å²) in [4.78, 5) is 22.3. The molecule has 1 fully saturated rings. The molecule has 6 heteroatoms. The van der Waals surface area contributed by atoms with Gasteiger partial charge in [0.25, 0.3) is 0 Å². The van der Waals surface area contributed by atoms with Gasteiger partial charge in [0.05, 0.1) is 5.92 Å². The molecule has 0 unspecified atom stereocenters. The summed E-state index contributed by atoms with van der Waals surface area (Å²) in [7, 11) is 0. The monoisotopic (exact) mass is 329 g/mol. The molecule has 1 aromatic carbocycles. The SMILES string of the molecule is Cc1nc(-c2cccc(F)c2)nc(N2CCC(C(=O)O)CC2)c1C. The second-order valence-corrected chi connectivity index (χ2v) is 6.19. The minimum Gasteiger partial charge on any atom is -0.481 e. The van der Waals surface area contributed by atoms with Gasteiger partial charge in [-0.2, -0.15) is 0 Å². The molecule has 0 aliphatic carbocycles. The number of aliphatic carboxylic acids is 1. The van der Waals surface area contributed by atoms with Crippen molar-refractivity contribution in [1.82, 2.24) is 9.97 Å². The van der Waals surface area contributed by atoms with Crippen LogP contribution in [0.3, 0.4) is 0 Å². The first-order valence-electron chi connectivity index (χ1n) is 8.04. The van der Waals surface area contributed by atoms with Gasteiger partial charge < -0.3 is 10.0 Å². The maximum absolute atomic E-state index is 13.5. The first-order chi connectivity index (χ1) is 11.5. The van der Waals surface area contributed by atoms with Gasteiger partial charge in [-0.1, -0.05) is 12.1 Å². The number of halogens is 1. The molecule has 1 aliphatic rings. The molecule has 0 saturated carbocycles. The van der Waals surface area contributed by atoms with E-state index in [1.165, 1.54) is 12.1 Å². The number of benzene rings is 1. The van der Waals surface area contributed by atoms with E-state index in [0.29, 0.717) is 37.3 Å². The molecule has 0 amide bonds. The van der Waals surface area contributed by atoms with Crippen LogP contribution in [0.1, 0.15) is 24.1 Å². The Kier molecular flexibility index (Phi) is 4.46. The molecule has 2 heterocycles. The number of carboxylic acids is 1. The van der Waals surface area contributed by atoms with E-state index in [4.69, 9.17) is 5.11 Å². The lowest BCUT2D eigenvalue weighted by molar-refractivity contribution is -0.142. The second-order valence-electron chi connectivity index (χ2n) is 6.19. The van der Waals surface area contributed by atoms with E-state index in [1.54, 1.807) is 12.1 Å². The van der Waals surface area contributed by atoms with Gasteiger partial charge in [0.2, 0.25) is 0 Å². The van der Waals surface area contributed by atoms with Gasteiger partial charge in [-0.25, -0.2) is 14.4 Å². The number of nitrogens with zero attached hydrogens (tertiary/aromatic N) is 3. The molecule has 3 rings (SSSR count). The van der Waals surface area contributed by atoms with E-state index < -0.39 is 5.97 Å². The lowest BCUT2D eigenvalue weighted by Crippen LogP contribution is -2.37. The first kappa shape index (κ1) is 16.4. The molecule has 0 atom stereocenters. The van der Waals surface area contributed by atoms with Gasteiger partial charge in [-0.05, 0) is 38.8 Å². The van der Waals surface area contributed by atoms with Crippen molar-refractivity contribution in [2.24, 2.45) is 5.92 Å². The van der Waals surface area contributed by atoms with Gasteiger partial charge in [-0.3, -0.25) is 4.79 Å². The topological polar surface area (TPSA) is 66.3 Å². The van der Waals surface area contributed by atoms with Gasteiger partial charge >= 0.3 is 5.97 Å². The third-order valence-corrected chi connectivity index (χ3v) is 4.59. The Balaban J connectivity index is 1.92. The molecule has 24 heavy (non-hydrogen) atoms. The zero-order valence-electron chi connectivity index (χ0n) is 13.8. The number of hydrogen-bond acceptors (Lipinski definition) is 4.